The molecular weight excluding hydrogens is 234 g/mol. The molecule has 17 heavy (non-hydrogen) atoms. The fourth-order valence-corrected chi connectivity index (χ4v) is 1.94. The Labute approximate surface area is 106 Å². The average molecular weight is 248 g/mol. The highest BCUT2D eigenvalue weighted by Crippen LogP contribution is 2.30. The van der Waals surface area contributed by atoms with Crippen LogP contribution in [0.3, 0.4) is 0 Å². The molecule has 0 amide bonds. The van der Waals surface area contributed by atoms with Crippen molar-refractivity contribution in [3.05, 3.63) is 41.2 Å². The zero-order valence-corrected chi connectivity index (χ0v) is 10.6. The molecule has 1 aromatic heterocycles. The molecule has 0 aliphatic carbocycles. The number of rotatable bonds is 2. The second kappa shape index (κ2) is 4.72. The van der Waals surface area contributed by atoms with Gasteiger partial charge in [0.2, 0.25) is 0 Å². The Morgan fingerprint density at radius 1 is 1.12 bits per heavy atom. The number of aromatic nitrogens is 2. The highest BCUT2D eigenvalue weighted by molar-refractivity contribution is 6.30. The first-order valence-electron chi connectivity index (χ1n) is 5.46. The molecule has 2 N–H and O–H groups in total. The van der Waals surface area contributed by atoms with Gasteiger partial charge < -0.3 is 5.73 Å². The first-order chi connectivity index (χ1) is 8.09. The lowest BCUT2D eigenvalue weighted by Gasteiger charge is -2.13. The largest absolute Gasteiger partial charge is 0.383 e. The molecule has 1 heterocycles. The van der Waals surface area contributed by atoms with Gasteiger partial charge in [-0.1, -0.05) is 37.6 Å². The van der Waals surface area contributed by atoms with Crippen LogP contribution in [0.4, 0.5) is 5.82 Å². The molecule has 0 radical (unpaired) electrons. The molecule has 2 rings (SSSR count). The van der Waals surface area contributed by atoms with Crippen LogP contribution in [0.15, 0.2) is 30.6 Å². The maximum Gasteiger partial charge on any atom is 0.130 e. The molecule has 0 saturated heterocycles. The second-order valence-corrected chi connectivity index (χ2v) is 4.62. The van der Waals surface area contributed by atoms with Crippen LogP contribution in [0, 0.1) is 0 Å². The molecule has 0 aliphatic heterocycles. The average Bonchev–Trinajstić information content (AvgIpc) is 2.29. The molecule has 2 aromatic rings. The fourth-order valence-electron chi connectivity index (χ4n) is 1.82. The van der Waals surface area contributed by atoms with Crippen molar-refractivity contribution in [3.8, 4) is 11.3 Å². The third-order valence-electron chi connectivity index (χ3n) is 2.61. The van der Waals surface area contributed by atoms with E-state index < -0.39 is 0 Å². The predicted octanol–water partition coefficient (Wildman–Crippen LogP) is 3.50. The van der Waals surface area contributed by atoms with Crippen LogP contribution in [0.2, 0.25) is 5.02 Å². The van der Waals surface area contributed by atoms with E-state index in [-0.39, 0.29) is 5.92 Å². The van der Waals surface area contributed by atoms with Gasteiger partial charge >= 0.3 is 0 Å². The van der Waals surface area contributed by atoms with Crippen LogP contribution in [0.1, 0.15) is 25.3 Å². The van der Waals surface area contributed by atoms with Crippen molar-refractivity contribution in [1.29, 1.82) is 0 Å². The van der Waals surface area contributed by atoms with Crippen LogP contribution in [-0.2, 0) is 0 Å². The van der Waals surface area contributed by atoms with E-state index in [2.05, 4.69) is 23.8 Å². The number of nitrogens with two attached hydrogens (primary N) is 1. The predicted molar refractivity (Wildman–Crippen MR) is 71.0 cm³/mol. The number of hydrogen-bond acceptors (Lipinski definition) is 3. The van der Waals surface area contributed by atoms with Gasteiger partial charge in [-0.3, -0.25) is 0 Å². The fraction of sp³-hybridized carbons (Fsp3) is 0.231. The Hall–Kier alpha value is -1.61. The zero-order chi connectivity index (χ0) is 12.4. The van der Waals surface area contributed by atoms with Gasteiger partial charge in [0, 0.05) is 16.1 Å². The second-order valence-electron chi connectivity index (χ2n) is 4.18. The number of benzene rings is 1. The molecule has 0 unspecified atom stereocenters. The van der Waals surface area contributed by atoms with Gasteiger partial charge in [-0.05, 0) is 18.1 Å². The number of nitrogens with zero attached hydrogens (tertiary/aromatic N) is 2. The highest BCUT2D eigenvalue weighted by Gasteiger charge is 2.14. The summed E-state index contributed by atoms with van der Waals surface area (Å²) in [6.45, 7) is 4.16. The van der Waals surface area contributed by atoms with Gasteiger partial charge in [0.15, 0.2) is 0 Å². The Morgan fingerprint density at radius 2 is 1.76 bits per heavy atom. The number of nitrogen functional groups attached to an aromatic ring is 1. The molecule has 0 fully saturated rings. The van der Waals surface area contributed by atoms with Gasteiger partial charge in [-0.15, -0.1) is 0 Å². The quantitative estimate of drug-likeness (QED) is 0.884. The van der Waals surface area contributed by atoms with Crippen LogP contribution < -0.4 is 5.73 Å². The van der Waals surface area contributed by atoms with Crippen molar-refractivity contribution < 1.29 is 0 Å². The lowest BCUT2D eigenvalue weighted by Crippen LogP contribution is -2.04. The highest BCUT2D eigenvalue weighted by atomic mass is 35.5. The van der Waals surface area contributed by atoms with Crippen molar-refractivity contribution in [3.63, 3.8) is 0 Å². The van der Waals surface area contributed by atoms with Gasteiger partial charge in [0.05, 0.1) is 5.69 Å². The van der Waals surface area contributed by atoms with Crippen molar-refractivity contribution in [1.82, 2.24) is 9.97 Å². The summed E-state index contributed by atoms with van der Waals surface area (Å²) in [5, 5.41) is 0.710. The summed E-state index contributed by atoms with van der Waals surface area (Å²) in [4.78, 5) is 8.37. The standard InChI is InChI=1S/C13H14ClN3/c1-8(2)11-12(16-7-17-13(11)15)9-3-5-10(14)6-4-9/h3-8H,1-2H3,(H2,15,16,17). The SMILES string of the molecule is CC(C)c1c(N)ncnc1-c1ccc(Cl)cc1. The first-order valence-corrected chi connectivity index (χ1v) is 5.83. The minimum atomic E-state index is 0.280. The van der Waals surface area contributed by atoms with Crippen molar-refractivity contribution >= 4 is 17.4 Å². The van der Waals surface area contributed by atoms with Gasteiger partial charge in [0.25, 0.3) is 0 Å². The molecule has 0 bridgehead atoms. The van der Waals surface area contributed by atoms with Gasteiger partial charge in [0.1, 0.15) is 12.1 Å². The molecule has 0 saturated carbocycles. The van der Waals surface area contributed by atoms with E-state index in [4.69, 9.17) is 17.3 Å². The molecule has 1 aromatic carbocycles. The van der Waals surface area contributed by atoms with Crippen molar-refractivity contribution in [2.75, 3.05) is 5.73 Å². The topological polar surface area (TPSA) is 51.8 Å². The summed E-state index contributed by atoms with van der Waals surface area (Å²) in [7, 11) is 0. The van der Waals surface area contributed by atoms with Gasteiger partial charge in [-0.25, -0.2) is 9.97 Å². The van der Waals surface area contributed by atoms with E-state index >= 15 is 0 Å². The summed E-state index contributed by atoms with van der Waals surface area (Å²) >= 11 is 5.88. The third-order valence-corrected chi connectivity index (χ3v) is 2.86. The van der Waals surface area contributed by atoms with Crippen LogP contribution >= 0.6 is 11.6 Å². The Kier molecular flexibility index (Phi) is 3.29. The number of anilines is 1. The molecule has 4 heteroatoms. The molecule has 3 nitrogen and oxygen atoms in total. The van der Waals surface area contributed by atoms with Crippen molar-refractivity contribution in [2.24, 2.45) is 0 Å². The van der Waals surface area contributed by atoms with Gasteiger partial charge in [-0.2, -0.15) is 0 Å². The maximum absolute atomic E-state index is 5.91. The zero-order valence-electron chi connectivity index (χ0n) is 9.81. The van der Waals surface area contributed by atoms with Crippen LogP contribution in [-0.4, -0.2) is 9.97 Å². The number of hydrogen-bond donors (Lipinski definition) is 1. The van der Waals surface area contributed by atoms with E-state index in [0.29, 0.717) is 10.8 Å². The Bertz CT molecular complexity index is 521. The van der Waals surface area contributed by atoms with Crippen molar-refractivity contribution in [2.45, 2.75) is 19.8 Å². The van der Waals surface area contributed by atoms with E-state index in [1.165, 1.54) is 6.33 Å². The minimum absolute atomic E-state index is 0.280. The molecular formula is C13H14ClN3. The lowest BCUT2D eigenvalue weighted by molar-refractivity contribution is 0.854. The molecule has 88 valence electrons. The normalized spacial score (nSPS) is 10.8. The smallest absolute Gasteiger partial charge is 0.130 e. The Balaban J connectivity index is 2.59. The summed E-state index contributed by atoms with van der Waals surface area (Å²) in [5.74, 6) is 0.821. The Morgan fingerprint density at radius 3 is 2.35 bits per heavy atom. The van der Waals surface area contributed by atoms with E-state index in [1.54, 1.807) is 0 Å². The summed E-state index contributed by atoms with van der Waals surface area (Å²) in [6.07, 6.45) is 1.49. The first kappa shape index (κ1) is 11.9. The van der Waals surface area contributed by atoms with E-state index in [0.717, 1.165) is 16.8 Å². The molecule has 0 spiro atoms. The molecule has 0 atom stereocenters. The number of halogens is 1. The van der Waals surface area contributed by atoms with E-state index in [9.17, 15) is 0 Å². The maximum atomic E-state index is 5.91. The summed E-state index contributed by atoms with van der Waals surface area (Å²) in [5.41, 5.74) is 8.78. The van der Waals surface area contributed by atoms with Crippen LogP contribution in [0.25, 0.3) is 11.3 Å². The van der Waals surface area contributed by atoms with E-state index in [1.807, 2.05) is 24.3 Å². The summed E-state index contributed by atoms with van der Waals surface area (Å²) < 4.78 is 0. The molecule has 0 aliphatic rings. The monoisotopic (exact) mass is 247 g/mol. The van der Waals surface area contributed by atoms with Crippen LogP contribution in [0.5, 0.6) is 0 Å². The third kappa shape index (κ3) is 2.39. The summed E-state index contributed by atoms with van der Waals surface area (Å²) in [6, 6.07) is 7.57. The minimum Gasteiger partial charge on any atom is -0.383 e. The lowest BCUT2D eigenvalue weighted by atomic mass is 9.97.